The molecule has 0 atom stereocenters. The largest absolute Gasteiger partial charge is 0.489 e. The fourth-order valence-corrected chi connectivity index (χ4v) is 3.31. The molecule has 3 rings (SSSR count). The molecule has 0 radical (unpaired) electrons. The molecule has 0 fully saturated rings. The summed E-state index contributed by atoms with van der Waals surface area (Å²) in [5.74, 6) is -1.14. The van der Waals surface area contributed by atoms with Gasteiger partial charge >= 0.3 is 6.18 Å². The van der Waals surface area contributed by atoms with Gasteiger partial charge in [-0.2, -0.15) is 18.2 Å². The summed E-state index contributed by atoms with van der Waals surface area (Å²) < 4.78 is 45.3. The minimum Gasteiger partial charge on any atom is -0.489 e. The summed E-state index contributed by atoms with van der Waals surface area (Å²) in [6.07, 6.45) is -4.33. The van der Waals surface area contributed by atoms with Crippen molar-refractivity contribution in [3.8, 4) is 5.75 Å². The van der Waals surface area contributed by atoms with Gasteiger partial charge in [-0.1, -0.05) is 11.6 Å². The number of nitrogens with one attached hydrogen (secondary N) is 1. The summed E-state index contributed by atoms with van der Waals surface area (Å²) in [4.78, 5) is 19.9. The number of carbonyl (C=O) groups excluding carboxylic acids is 1. The first kappa shape index (κ1) is 22.8. The number of ether oxygens (including phenoxy) is 1. The highest BCUT2D eigenvalue weighted by Gasteiger charge is 2.37. The highest BCUT2D eigenvalue weighted by atomic mass is 35.5. The Kier molecular flexibility index (Phi) is 6.40. The minimum absolute atomic E-state index is 0.0347. The lowest BCUT2D eigenvalue weighted by Gasteiger charge is -2.13. The van der Waals surface area contributed by atoms with E-state index in [0.717, 1.165) is 4.52 Å². The molecule has 0 aliphatic heterocycles. The fraction of sp³-hybridized carbons (Fsp3) is 0.400. The zero-order valence-corrected chi connectivity index (χ0v) is 18.1. The highest BCUT2D eigenvalue weighted by Crippen LogP contribution is 2.29. The molecule has 0 saturated carbocycles. The predicted octanol–water partition coefficient (Wildman–Crippen LogP) is 4.77. The smallest absolute Gasteiger partial charge is 0.453 e. The van der Waals surface area contributed by atoms with Crippen LogP contribution in [0, 0.1) is 13.8 Å². The van der Waals surface area contributed by atoms with Gasteiger partial charge in [-0.05, 0) is 57.9 Å². The molecular weight excluding hydrogens is 435 g/mol. The van der Waals surface area contributed by atoms with E-state index in [1.54, 1.807) is 32.0 Å². The molecule has 3 aromatic rings. The Morgan fingerprint density at radius 1 is 1.26 bits per heavy atom. The lowest BCUT2D eigenvalue weighted by Crippen LogP contribution is -2.14. The van der Waals surface area contributed by atoms with Gasteiger partial charge in [0.25, 0.3) is 11.6 Å². The summed E-state index contributed by atoms with van der Waals surface area (Å²) >= 11 is 6.18. The molecule has 0 bridgehead atoms. The topological polar surface area (TPSA) is 81.4 Å². The monoisotopic (exact) mass is 455 g/mol. The molecular formula is C20H21ClF3N5O2. The Morgan fingerprint density at radius 3 is 2.58 bits per heavy atom. The summed E-state index contributed by atoms with van der Waals surface area (Å²) in [7, 11) is 0. The van der Waals surface area contributed by atoms with Gasteiger partial charge in [-0.3, -0.25) is 4.79 Å². The predicted molar refractivity (Wildman–Crippen MR) is 109 cm³/mol. The zero-order valence-electron chi connectivity index (χ0n) is 17.3. The fourth-order valence-electron chi connectivity index (χ4n) is 3.08. The van der Waals surface area contributed by atoms with Crippen molar-refractivity contribution in [2.45, 2.75) is 52.8 Å². The quantitative estimate of drug-likeness (QED) is 0.579. The summed E-state index contributed by atoms with van der Waals surface area (Å²) in [6.45, 7) is 7.04. The van der Waals surface area contributed by atoms with Crippen molar-refractivity contribution in [1.82, 2.24) is 19.6 Å². The van der Waals surface area contributed by atoms with Crippen molar-refractivity contribution in [2.24, 2.45) is 0 Å². The van der Waals surface area contributed by atoms with Crippen LogP contribution in [-0.2, 0) is 17.4 Å². The minimum atomic E-state index is -4.66. The van der Waals surface area contributed by atoms with Gasteiger partial charge in [0, 0.05) is 23.5 Å². The maximum Gasteiger partial charge on any atom is 0.453 e. The maximum atomic E-state index is 12.9. The second-order valence-electron chi connectivity index (χ2n) is 7.27. The number of carbonyl (C=O) groups is 1. The summed E-state index contributed by atoms with van der Waals surface area (Å²) in [6, 6.07) is 4.95. The Labute approximate surface area is 181 Å². The van der Waals surface area contributed by atoms with Crippen LogP contribution in [0.15, 0.2) is 18.2 Å². The first-order chi connectivity index (χ1) is 14.5. The number of amides is 1. The zero-order chi connectivity index (χ0) is 22.9. The number of aromatic nitrogens is 4. The summed E-state index contributed by atoms with van der Waals surface area (Å²) in [5.41, 5.74) is 2.10. The molecule has 1 amide bonds. The molecule has 0 saturated heterocycles. The van der Waals surface area contributed by atoms with Gasteiger partial charge in [0.05, 0.1) is 11.1 Å². The van der Waals surface area contributed by atoms with Crippen molar-refractivity contribution in [3.63, 3.8) is 0 Å². The molecule has 1 N–H and O–H groups in total. The van der Waals surface area contributed by atoms with E-state index in [1.165, 1.54) is 0 Å². The number of halogens is 4. The van der Waals surface area contributed by atoms with Crippen LogP contribution < -0.4 is 10.1 Å². The third-order valence-electron chi connectivity index (χ3n) is 4.48. The first-order valence-corrected chi connectivity index (χ1v) is 9.89. The van der Waals surface area contributed by atoms with Crippen molar-refractivity contribution < 1.29 is 22.7 Å². The summed E-state index contributed by atoms with van der Waals surface area (Å²) in [5, 5.41) is 6.63. The van der Waals surface area contributed by atoms with E-state index < -0.39 is 12.0 Å². The lowest BCUT2D eigenvalue weighted by molar-refractivity contribution is -0.144. The van der Waals surface area contributed by atoms with Crippen molar-refractivity contribution in [1.29, 1.82) is 0 Å². The van der Waals surface area contributed by atoms with Gasteiger partial charge in [0.15, 0.2) is 0 Å². The number of nitrogens with zero attached hydrogens (tertiary/aromatic N) is 4. The van der Waals surface area contributed by atoms with Crippen LogP contribution in [0.5, 0.6) is 5.75 Å². The van der Waals surface area contributed by atoms with Gasteiger partial charge in [-0.25, -0.2) is 9.50 Å². The Morgan fingerprint density at radius 2 is 1.97 bits per heavy atom. The lowest BCUT2D eigenvalue weighted by atomic mass is 10.1. The number of aryl methyl sites for hydroxylation is 2. The molecule has 2 heterocycles. The average molecular weight is 456 g/mol. The molecule has 166 valence electrons. The molecule has 0 unspecified atom stereocenters. The van der Waals surface area contributed by atoms with Crippen molar-refractivity contribution in [3.05, 3.63) is 46.0 Å². The second kappa shape index (κ2) is 8.70. The van der Waals surface area contributed by atoms with E-state index >= 15 is 0 Å². The molecule has 0 aliphatic rings. The number of hydrogen-bond acceptors (Lipinski definition) is 5. The Balaban J connectivity index is 1.72. The number of rotatable bonds is 6. The van der Waals surface area contributed by atoms with Gasteiger partial charge in [0.2, 0.25) is 5.91 Å². The number of hydrogen-bond donors (Lipinski definition) is 1. The maximum absolute atomic E-state index is 12.9. The molecule has 0 aliphatic carbocycles. The van der Waals surface area contributed by atoms with Crippen LogP contribution >= 0.6 is 11.6 Å². The van der Waals surface area contributed by atoms with E-state index in [-0.39, 0.29) is 30.6 Å². The second-order valence-corrected chi connectivity index (χ2v) is 7.67. The third-order valence-corrected chi connectivity index (χ3v) is 4.78. The van der Waals surface area contributed by atoms with E-state index in [2.05, 4.69) is 20.4 Å². The number of benzene rings is 1. The molecule has 0 spiro atoms. The third kappa shape index (κ3) is 5.25. The van der Waals surface area contributed by atoms with Gasteiger partial charge in [0.1, 0.15) is 5.75 Å². The highest BCUT2D eigenvalue weighted by molar-refractivity contribution is 6.32. The van der Waals surface area contributed by atoms with E-state index in [4.69, 9.17) is 16.3 Å². The number of alkyl halides is 3. The van der Waals surface area contributed by atoms with E-state index in [9.17, 15) is 18.0 Å². The average Bonchev–Trinajstić information content (AvgIpc) is 3.08. The van der Waals surface area contributed by atoms with Crippen LogP contribution in [0.3, 0.4) is 0 Å². The first-order valence-electron chi connectivity index (χ1n) is 9.51. The van der Waals surface area contributed by atoms with E-state index in [0.29, 0.717) is 33.4 Å². The molecule has 7 nitrogen and oxygen atoms in total. The van der Waals surface area contributed by atoms with Crippen LogP contribution in [0.1, 0.15) is 43.0 Å². The van der Waals surface area contributed by atoms with Crippen LogP contribution in [0.4, 0.5) is 18.9 Å². The number of fused-ring (bicyclic) bond motifs is 1. The molecule has 1 aromatic carbocycles. The number of anilines is 1. The van der Waals surface area contributed by atoms with Gasteiger partial charge in [-0.15, -0.1) is 5.10 Å². The van der Waals surface area contributed by atoms with E-state index in [1.807, 2.05) is 13.8 Å². The molecule has 31 heavy (non-hydrogen) atoms. The molecule has 11 heteroatoms. The Bertz CT molecular complexity index is 1130. The van der Waals surface area contributed by atoms with Crippen LogP contribution in [-0.4, -0.2) is 31.6 Å². The normalized spacial score (nSPS) is 11.9. The SMILES string of the molecule is Cc1nc2nc(C(F)(F)F)nn2c(C)c1CCC(=O)Nc1ccc(OC(C)C)c(Cl)c1. The van der Waals surface area contributed by atoms with Crippen molar-refractivity contribution in [2.75, 3.05) is 5.32 Å². The molecule has 2 aromatic heterocycles. The van der Waals surface area contributed by atoms with Crippen molar-refractivity contribution >= 4 is 29.0 Å². The Hall–Kier alpha value is -2.88. The standard InChI is InChI=1S/C20H21ClF3N5O2/c1-10(2)31-16-7-5-13(9-15(16)21)26-17(30)8-6-14-11(3)25-19-27-18(20(22,23)24)28-29(19)12(14)4/h5,7,9-10H,6,8H2,1-4H3,(H,26,30). The van der Waals surface area contributed by atoms with Gasteiger partial charge < -0.3 is 10.1 Å². The van der Waals surface area contributed by atoms with Crippen LogP contribution in [0.2, 0.25) is 5.02 Å². The van der Waals surface area contributed by atoms with Crippen LogP contribution in [0.25, 0.3) is 5.78 Å².